The van der Waals surface area contributed by atoms with E-state index in [1.54, 1.807) is 30.6 Å². The second-order valence-electron chi connectivity index (χ2n) is 10.5. The number of carbonyl (C=O) groups is 2. The summed E-state index contributed by atoms with van der Waals surface area (Å²) >= 11 is 0. The third-order valence-corrected chi connectivity index (χ3v) is 7.22. The molecule has 6 aromatic rings. The Morgan fingerprint density at radius 2 is 1.55 bits per heavy atom. The number of carboxylic acids is 1. The van der Waals surface area contributed by atoms with Gasteiger partial charge in [0.05, 0.1) is 18.3 Å². The Labute approximate surface area is 266 Å². The molecule has 0 radical (unpaired) electrons. The number of benzene rings is 4. The van der Waals surface area contributed by atoms with Crippen LogP contribution in [-0.4, -0.2) is 33.1 Å². The lowest BCUT2D eigenvalue weighted by Crippen LogP contribution is -2.21. The summed E-state index contributed by atoms with van der Waals surface area (Å²) in [5.74, 6) is -3.26. The van der Waals surface area contributed by atoms with Crippen LogP contribution in [0.15, 0.2) is 116 Å². The van der Waals surface area contributed by atoms with Gasteiger partial charge in [-0.05, 0) is 66.1 Å². The summed E-state index contributed by atoms with van der Waals surface area (Å²) in [6, 6.07) is 32.1. The molecule has 0 unspecified atom stereocenters. The number of fused-ring (bicyclic) bond motifs is 1. The van der Waals surface area contributed by atoms with Gasteiger partial charge >= 0.3 is 12.1 Å². The zero-order chi connectivity index (χ0) is 33.6. The number of anilines is 3. The van der Waals surface area contributed by atoms with Crippen LogP contribution in [0, 0.1) is 12.7 Å². The Morgan fingerprint density at radius 1 is 0.830 bits per heavy atom. The van der Waals surface area contributed by atoms with Crippen molar-refractivity contribution < 1.29 is 32.3 Å². The molecule has 1 amide bonds. The molecule has 2 aromatic heterocycles. The number of amides is 1. The molecule has 4 N–H and O–H groups in total. The Bertz CT molecular complexity index is 2030. The molecule has 7 nitrogen and oxygen atoms in total. The van der Waals surface area contributed by atoms with Crippen molar-refractivity contribution in [3.05, 3.63) is 133 Å². The van der Waals surface area contributed by atoms with E-state index in [9.17, 15) is 18.0 Å². The van der Waals surface area contributed by atoms with Crippen LogP contribution in [0.4, 0.5) is 34.6 Å². The number of carboxylic acid groups (broad SMARTS) is 1. The van der Waals surface area contributed by atoms with Crippen molar-refractivity contribution in [1.29, 1.82) is 0 Å². The smallest absolute Gasteiger partial charge is 0.475 e. The number of nitrogens with zero attached hydrogens (tertiary/aromatic N) is 1. The van der Waals surface area contributed by atoms with Crippen molar-refractivity contribution in [3.63, 3.8) is 0 Å². The highest BCUT2D eigenvalue weighted by Gasteiger charge is 2.38. The van der Waals surface area contributed by atoms with E-state index in [0.717, 1.165) is 39.0 Å². The predicted octanol–water partition coefficient (Wildman–Crippen LogP) is 8.90. The summed E-state index contributed by atoms with van der Waals surface area (Å²) in [6.07, 6.45) is -1.46. The molecular weight excluding hydrogens is 612 g/mol. The quantitative estimate of drug-likeness (QED) is 0.130. The first-order chi connectivity index (χ1) is 22.5. The van der Waals surface area contributed by atoms with Crippen LogP contribution < -0.4 is 10.6 Å². The number of para-hydroxylation sites is 1. The van der Waals surface area contributed by atoms with E-state index >= 15 is 4.39 Å². The van der Waals surface area contributed by atoms with Crippen LogP contribution in [0.3, 0.4) is 0 Å². The number of aryl methyl sites for hydroxylation is 1. The van der Waals surface area contributed by atoms with Gasteiger partial charge in [-0.2, -0.15) is 13.2 Å². The third kappa shape index (κ3) is 8.01. The zero-order valence-electron chi connectivity index (χ0n) is 24.9. The minimum atomic E-state index is -5.08. The molecule has 0 saturated heterocycles. The van der Waals surface area contributed by atoms with Gasteiger partial charge in [0.25, 0.3) is 0 Å². The minimum Gasteiger partial charge on any atom is -0.475 e. The number of hydrogen-bond acceptors (Lipinski definition) is 4. The van der Waals surface area contributed by atoms with Crippen LogP contribution in [0.2, 0.25) is 0 Å². The lowest BCUT2D eigenvalue weighted by molar-refractivity contribution is -0.192. The summed E-state index contributed by atoms with van der Waals surface area (Å²) in [6.45, 7) is 1.97. The van der Waals surface area contributed by atoms with Gasteiger partial charge in [-0.1, -0.05) is 60.7 Å². The summed E-state index contributed by atoms with van der Waals surface area (Å²) < 4.78 is 47.4. The molecule has 0 aliphatic rings. The fourth-order valence-electron chi connectivity index (χ4n) is 5.02. The number of aromatic nitrogens is 2. The van der Waals surface area contributed by atoms with Gasteiger partial charge in [-0.3, -0.25) is 9.78 Å². The molecule has 0 atom stereocenters. The van der Waals surface area contributed by atoms with Crippen LogP contribution in [-0.2, 0) is 16.0 Å². The molecule has 11 heteroatoms. The maximum absolute atomic E-state index is 15.6. The average molecular weight is 641 g/mol. The summed E-state index contributed by atoms with van der Waals surface area (Å²) in [4.78, 5) is 29.6. The maximum atomic E-state index is 15.6. The summed E-state index contributed by atoms with van der Waals surface area (Å²) in [5.41, 5.74) is 7.78. The average Bonchev–Trinajstić information content (AvgIpc) is 3.37. The van der Waals surface area contributed by atoms with Gasteiger partial charge < -0.3 is 20.7 Å². The number of pyridine rings is 1. The number of rotatable bonds is 7. The first kappa shape index (κ1) is 32.4. The summed E-state index contributed by atoms with van der Waals surface area (Å²) in [7, 11) is 0. The first-order valence-electron chi connectivity index (χ1n) is 14.3. The standard InChI is InChI=1S/C34H27FN4O.C2HF3O2/c1-22-29(28-11-5-6-12-32(28)37-22)20-34(40)39-25-14-16-33(38-26-10-7-17-36-21-26)30(19-25)27-15-13-24(18-31(27)35)23-8-3-2-4-9-23;3-2(4,5)1(6)7/h2-19,21,37-38H,20H2,1H3,(H,39,40);(H,6,7). The van der Waals surface area contributed by atoms with E-state index < -0.39 is 12.1 Å². The number of nitrogens with one attached hydrogen (secondary N) is 3. The second kappa shape index (κ2) is 14.0. The van der Waals surface area contributed by atoms with Gasteiger partial charge in [0, 0.05) is 45.3 Å². The Kier molecular flexibility index (Phi) is 9.65. The minimum absolute atomic E-state index is 0.147. The first-order valence-corrected chi connectivity index (χ1v) is 14.3. The highest BCUT2D eigenvalue weighted by molar-refractivity contribution is 5.97. The van der Waals surface area contributed by atoms with Gasteiger partial charge in [0.2, 0.25) is 5.91 Å². The monoisotopic (exact) mass is 640 g/mol. The Hall–Kier alpha value is -5.97. The van der Waals surface area contributed by atoms with Crippen LogP contribution in [0.1, 0.15) is 11.3 Å². The molecule has 47 heavy (non-hydrogen) atoms. The number of aromatic amines is 1. The molecule has 2 heterocycles. The van der Waals surface area contributed by atoms with E-state index in [-0.39, 0.29) is 18.1 Å². The number of alkyl halides is 3. The molecule has 0 saturated carbocycles. The van der Waals surface area contributed by atoms with Crippen LogP contribution in [0.25, 0.3) is 33.2 Å². The highest BCUT2D eigenvalue weighted by Crippen LogP contribution is 2.36. The van der Waals surface area contributed by atoms with Crippen molar-refractivity contribution in [2.75, 3.05) is 10.6 Å². The number of carbonyl (C=O) groups excluding carboxylic acids is 1. The topological polar surface area (TPSA) is 107 Å². The molecular formula is C36H28F4N4O3. The van der Waals surface area contributed by atoms with Crippen molar-refractivity contribution >= 4 is 39.8 Å². The molecule has 0 spiro atoms. The predicted molar refractivity (Wildman–Crippen MR) is 174 cm³/mol. The van der Waals surface area contributed by atoms with E-state index in [2.05, 4.69) is 20.6 Å². The number of aliphatic carboxylic acids is 1. The molecule has 0 aliphatic carbocycles. The maximum Gasteiger partial charge on any atom is 0.490 e. The second-order valence-corrected chi connectivity index (χ2v) is 10.5. The van der Waals surface area contributed by atoms with E-state index in [0.29, 0.717) is 22.5 Å². The Morgan fingerprint density at radius 3 is 2.23 bits per heavy atom. The van der Waals surface area contributed by atoms with E-state index in [4.69, 9.17) is 9.90 Å². The van der Waals surface area contributed by atoms with Crippen LogP contribution in [0.5, 0.6) is 0 Å². The summed E-state index contributed by atoms with van der Waals surface area (Å²) in [5, 5.41) is 14.5. The van der Waals surface area contributed by atoms with Gasteiger partial charge in [0.15, 0.2) is 0 Å². The molecule has 4 aromatic carbocycles. The number of hydrogen-bond donors (Lipinski definition) is 4. The van der Waals surface area contributed by atoms with Crippen molar-refractivity contribution in [1.82, 2.24) is 9.97 Å². The van der Waals surface area contributed by atoms with Gasteiger partial charge in [-0.25, -0.2) is 9.18 Å². The highest BCUT2D eigenvalue weighted by atomic mass is 19.4. The van der Waals surface area contributed by atoms with E-state index in [1.807, 2.05) is 91.9 Å². The fraction of sp³-hybridized carbons (Fsp3) is 0.0833. The normalized spacial score (nSPS) is 11.0. The number of H-pyrrole nitrogens is 1. The van der Waals surface area contributed by atoms with Crippen molar-refractivity contribution in [2.24, 2.45) is 0 Å². The van der Waals surface area contributed by atoms with Gasteiger partial charge in [0.1, 0.15) is 5.82 Å². The molecule has 0 aliphatic heterocycles. The largest absolute Gasteiger partial charge is 0.490 e. The van der Waals surface area contributed by atoms with E-state index in [1.165, 1.54) is 0 Å². The Balaban J connectivity index is 0.000000559. The zero-order valence-corrected chi connectivity index (χ0v) is 24.9. The molecule has 0 fully saturated rings. The fourth-order valence-corrected chi connectivity index (χ4v) is 5.02. The van der Waals surface area contributed by atoms with Crippen molar-refractivity contribution in [3.8, 4) is 22.3 Å². The van der Waals surface area contributed by atoms with Gasteiger partial charge in [-0.15, -0.1) is 0 Å². The lowest BCUT2D eigenvalue weighted by Gasteiger charge is -2.16. The lowest BCUT2D eigenvalue weighted by atomic mass is 9.98. The molecule has 6 rings (SSSR count). The molecule has 238 valence electrons. The van der Waals surface area contributed by atoms with Crippen molar-refractivity contribution in [2.45, 2.75) is 19.5 Å². The molecule has 0 bridgehead atoms. The SMILES string of the molecule is Cc1[nH]c2ccccc2c1CC(=O)Nc1ccc(Nc2cccnc2)c(-c2ccc(-c3ccccc3)cc2F)c1.O=C(O)C(F)(F)F. The van der Waals surface area contributed by atoms with Crippen LogP contribution >= 0.6 is 0 Å². The third-order valence-electron chi connectivity index (χ3n) is 7.22. The number of halogens is 4.